The minimum absolute atomic E-state index is 0.221. The number of hydrogen-bond acceptors (Lipinski definition) is 2. The molecule has 3 heteroatoms. The number of rotatable bonds is 8. The van der Waals surface area contributed by atoms with Crippen LogP contribution in [0, 0.1) is 5.92 Å². The van der Waals surface area contributed by atoms with Crippen LogP contribution in [0.25, 0.3) is 0 Å². The van der Waals surface area contributed by atoms with Crippen molar-refractivity contribution in [1.29, 1.82) is 0 Å². The van der Waals surface area contributed by atoms with E-state index in [0.29, 0.717) is 13.0 Å². The van der Waals surface area contributed by atoms with Crippen LogP contribution < -0.4 is 5.73 Å². The highest BCUT2D eigenvalue weighted by molar-refractivity contribution is 5.69. The molecule has 13 heavy (non-hydrogen) atoms. The fourth-order valence-corrected chi connectivity index (χ4v) is 1.41. The molecule has 0 amide bonds. The molecule has 0 aliphatic rings. The Hall–Kier alpha value is -0.570. The first-order valence-corrected chi connectivity index (χ1v) is 5.15. The molecule has 0 saturated carbocycles. The number of carboxylic acid groups (broad SMARTS) is 1. The van der Waals surface area contributed by atoms with E-state index in [1.807, 2.05) is 0 Å². The van der Waals surface area contributed by atoms with Crippen LogP contribution in [-0.2, 0) is 4.79 Å². The maximum absolute atomic E-state index is 10.7. The van der Waals surface area contributed by atoms with Gasteiger partial charge in [-0.25, -0.2) is 0 Å². The van der Waals surface area contributed by atoms with Crippen LogP contribution in [0.5, 0.6) is 0 Å². The molecule has 0 bridgehead atoms. The number of unbranched alkanes of at least 4 members (excludes halogenated alkanes) is 3. The van der Waals surface area contributed by atoms with Crippen LogP contribution in [0.4, 0.5) is 0 Å². The van der Waals surface area contributed by atoms with E-state index in [4.69, 9.17) is 10.8 Å². The van der Waals surface area contributed by atoms with E-state index in [-0.39, 0.29) is 5.92 Å². The maximum Gasteiger partial charge on any atom is 0.306 e. The van der Waals surface area contributed by atoms with Crippen molar-refractivity contribution in [1.82, 2.24) is 0 Å². The van der Waals surface area contributed by atoms with Crippen LogP contribution >= 0.6 is 0 Å². The minimum atomic E-state index is -0.693. The van der Waals surface area contributed by atoms with Gasteiger partial charge in [-0.2, -0.15) is 0 Å². The lowest BCUT2D eigenvalue weighted by Crippen LogP contribution is -2.17. The molecule has 0 radical (unpaired) electrons. The standard InChI is InChI=1S/C10H21NO2/c1-2-3-4-5-6-9(7-8-11)10(12)13/h9H,2-8,11H2,1H3,(H,12,13). The predicted molar refractivity (Wildman–Crippen MR) is 53.6 cm³/mol. The molecule has 1 atom stereocenters. The average Bonchev–Trinajstić information content (AvgIpc) is 2.10. The fraction of sp³-hybridized carbons (Fsp3) is 0.900. The first kappa shape index (κ1) is 12.4. The molecule has 1 unspecified atom stereocenters. The summed E-state index contributed by atoms with van der Waals surface area (Å²) in [5, 5.41) is 8.81. The summed E-state index contributed by atoms with van der Waals surface area (Å²) in [5.74, 6) is -0.913. The Labute approximate surface area is 80.3 Å². The van der Waals surface area contributed by atoms with Crippen molar-refractivity contribution in [2.24, 2.45) is 11.7 Å². The highest BCUT2D eigenvalue weighted by atomic mass is 16.4. The summed E-state index contributed by atoms with van der Waals surface area (Å²) in [7, 11) is 0. The second-order valence-corrected chi connectivity index (χ2v) is 3.46. The van der Waals surface area contributed by atoms with E-state index in [2.05, 4.69) is 6.92 Å². The van der Waals surface area contributed by atoms with Gasteiger partial charge in [0.15, 0.2) is 0 Å². The van der Waals surface area contributed by atoms with Gasteiger partial charge in [-0.1, -0.05) is 32.6 Å². The number of aliphatic carboxylic acids is 1. The van der Waals surface area contributed by atoms with Gasteiger partial charge in [0.2, 0.25) is 0 Å². The lowest BCUT2D eigenvalue weighted by atomic mass is 9.98. The van der Waals surface area contributed by atoms with Crippen LogP contribution in [0.15, 0.2) is 0 Å². The number of carbonyl (C=O) groups is 1. The van der Waals surface area contributed by atoms with Gasteiger partial charge in [-0.05, 0) is 19.4 Å². The molecule has 0 spiro atoms. The zero-order chi connectivity index (χ0) is 10.1. The van der Waals surface area contributed by atoms with Gasteiger partial charge in [-0.15, -0.1) is 0 Å². The van der Waals surface area contributed by atoms with Crippen molar-refractivity contribution in [3.05, 3.63) is 0 Å². The fourth-order valence-electron chi connectivity index (χ4n) is 1.41. The molecule has 0 fully saturated rings. The molecule has 0 aromatic heterocycles. The molecule has 0 saturated heterocycles. The number of carboxylic acids is 1. The second-order valence-electron chi connectivity index (χ2n) is 3.46. The summed E-state index contributed by atoms with van der Waals surface area (Å²) >= 11 is 0. The molecule has 0 aromatic carbocycles. The normalized spacial score (nSPS) is 12.8. The highest BCUT2D eigenvalue weighted by Gasteiger charge is 2.15. The van der Waals surface area contributed by atoms with Crippen LogP contribution in [0.2, 0.25) is 0 Å². The first-order chi connectivity index (χ1) is 6.22. The summed E-state index contributed by atoms with van der Waals surface area (Å²) in [4.78, 5) is 10.7. The monoisotopic (exact) mass is 187 g/mol. The predicted octanol–water partition coefficient (Wildman–Crippen LogP) is 2.01. The third-order valence-corrected chi connectivity index (χ3v) is 2.27. The Morgan fingerprint density at radius 1 is 1.31 bits per heavy atom. The number of nitrogens with two attached hydrogens (primary N) is 1. The minimum Gasteiger partial charge on any atom is -0.481 e. The topological polar surface area (TPSA) is 63.3 Å². The van der Waals surface area contributed by atoms with Crippen molar-refractivity contribution >= 4 is 5.97 Å². The molecule has 0 heterocycles. The van der Waals surface area contributed by atoms with E-state index in [0.717, 1.165) is 19.3 Å². The second kappa shape index (κ2) is 8.05. The lowest BCUT2D eigenvalue weighted by Gasteiger charge is -2.09. The molecule has 0 aromatic rings. The van der Waals surface area contributed by atoms with E-state index >= 15 is 0 Å². The van der Waals surface area contributed by atoms with Crippen molar-refractivity contribution in [2.75, 3.05) is 6.54 Å². The number of hydrogen-bond donors (Lipinski definition) is 2. The van der Waals surface area contributed by atoms with Gasteiger partial charge in [0.05, 0.1) is 5.92 Å². The van der Waals surface area contributed by atoms with E-state index in [9.17, 15) is 4.79 Å². The molecular formula is C10H21NO2. The Balaban J connectivity index is 3.51. The summed E-state index contributed by atoms with van der Waals surface area (Å²) < 4.78 is 0. The first-order valence-electron chi connectivity index (χ1n) is 5.15. The lowest BCUT2D eigenvalue weighted by molar-refractivity contribution is -0.142. The van der Waals surface area contributed by atoms with Gasteiger partial charge in [0, 0.05) is 0 Å². The van der Waals surface area contributed by atoms with Crippen LogP contribution in [0.3, 0.4) is 0 Å². The van der Waals surface area contributed by atoms with Crippen LogP contribution in [-0.4, -0.2) is 17.6 Å². The third-order valence-electron chi connectivity index (χ3n) is 2.27. The zero-order valence-corrected chi connectivity index (χ0v) is 8.46. The third kappa shape index (κ3) is 6.58. The highest BCUT2D eigenvalue weighted by Crippen LogP contribution is 2.13. The molecule has 0 aliphatic heterocycles. The molecule has 3 N–H and O–H groups in total. The van der Waals surface area contributed by atoms with Gasteiger partial charge < -0.3 is 10.8 Å². The van der Waals surface area contributed by atoms with Gasteiger partial charge in [-0.3, -0.25) is 4.79 Å². The van der Waals surface area contributed by atoms with Gasteiger partial charge in [0.25, 0.3) is 0 Å². The van der Waals surface area contributed by atoms with E-state index in [1.54, 1.807) is 0 Å². The van der Waals surface area contributed by atoms with Crippen molar-refractivity contribution < 1.29 is 9.90 Å². The average molecular weight is 187 g/mol. The quantitative estimate of drug-likeness (QED) is 0.571. The molecule has 0 aliphatic carbocycles. The van der Waals surface area contributed by atoms with Crippen molar-refractivity contribution in [3.63, 3.8) is 0 Å². The molecule has 3 nitrogen and oxygen atoms in total. The Morgan fingerprint density at radius 3 is 2.46 bits per heavy atom. The Bertz CT molecular complexity index is 137. The van der Waals surface area contributed by atoms with E-state index < -0.39 is 5.97 Å². The molecule has 78 valence electrons. The summed E-state index contributed by atoms with van der Waals surface area (Å²) in [6, 6.07) is 0. The zero-order valence-electron chi connectivity index (χ0n) is 8.46. The molecule has 0 rings (SSSR count). The largest absolute Gasteiger partial charge is 0.481 e. The molecular weight excluding hydrogens is 166 g/mol. The van der Waals surface area contributed by atoms with Gasteiger partial charge >= 0.3 is 5.97 Å². The maximum atomic E-state index is 10.7. The van der Waals surface area contributed by atoms with Gasteiger partial charge in [0.1, 0.15) is 0 Å². The smallest absolute Gasteiger partial charge is 0.306 e. The SMILES string of the molecule is CCCCCCC(CCN)C(=O)O. The van der Waals surface area contributed by atoms with Crippen molar-refractivity contribution in [2.45, 2.75) is 45.4 Å². The van der Waals surface area contributed by atoms with Crippen molar-refractivity contribution in [3.8, 4) is 0 Å². The summed E-state index contributed by atoms with van der Waals surface area (Å²) in [6.07, 6.45) is 5.95. The summed E-state index contributed by atoms with van der Waals surface area (Å²) in [6.45, 7) is 2.62. The summed E-state index contributed by atoms with van der Waals surface area (Å²) in [5.41, 5.74) is 5.33. The Kier molecular flexibility index (Phi) is 7.69. The van der Waals surface area contributed by atoms with Crippen LogP contribution in [0.1, 0.15) is 45.4 Å². The Morgan fingerprint density at radius 2 is 2.00 bits per heavy atom. The van der Waals surface area contributed by atoms with E-state index in [1.165, 1.54) is 12.8 Å².